The van der Waals surface area contributed by atoms with E-state index >= 15 is 0 Å². The van der Waals surface area contributed by atoms with Gasteiger partial charge in [-0.3, -0.25) is 9.10 Å². The molecular formula is C23H32N2O6S. The summed E-state index contributed by atoms with van der Waals surface area (Å²) in [5, 5.41) is 2.80. The summed E-state index contributed by atoms with van der Waals surface area (Å²) >= 11 is 0. The highest BCUT2D eigenvalue weighted by Crippen LogP contribution is 2.33. The molecule has 2 rings (SSSR count). The van der Waals surface area contributed by atoms with E-state index in [9.17, 15) is 13.2 Å². The number of carbonyl (C=O) groups is 1. The second kappa shape index (κ2) is 12.2. The molecule has 8 nitrogen and oxygen atoms in total. The number of hydrogen-bond acceptors (Lipinski definition) is 6. The van der Waals surface area contributed by atoms with E-state index in [1.54, 1.807) is 18.2 Å². The first-order valence-corrected chi connectivity index (χ1v) is 12.3. The number of aryl methyl sites for hydroxylation is 1. The quantitative estimate of drug-likeness (QED) is 0.458. The summed E-state index contributed by atoms with van der Waals surface area (Å²) in [6.45, 7) is 2.78. The highest BCUT2D eigenvalue weighted by atomic mass is 32.2. The molecule has 0 spiro atoms. The van der Waals surface area contributed by atoms with Gasteiger partial charge in [-0.1, -0.05) is 25.1 Å². The Hall–Kier alpha value is -2.94. The molecule has 0 radical (unpaired) electrons. The summed E-state index contributed by atoms with van der Waals surface area (Å²) in [6, 6.07) is 12.6. The van der Waals surface area contributed by atoms with E-state index in [2.05, 4.69) is 12.2 Å². The zero-order valence-corrected chi connectivity index (χ0v) is 19.9. The lowest BCUT2D eigenvalue weighted by Gasteiger charge is -2.24. The Labute approximate surface area is 190 Å². The van der Waals surface area contributed by atoms with Gasteiger partial charge in [0.05, 0.1) is 32.8 Å². The van der Waals surface area contributed by atoms with Crippen LogP contribution in [0.2, 0.25) is 0 Å². The molecule has 32 heavy (non-hydrogen) atoms. The van der Waals surface area contributed by atoms with Crippen molar-refractivity contribution in [3.8, 4) is 17.2 Å². The molecule has 2 aromatic carbocycles. The van der Waals surface area contributed by atoms with Gasteiger partial charge in [0, 0.05) is 12.6 Å². The fourth-order valence-corrected chi connectivity index (χ4v) is 3.99. The van der Waals surface area contributed by atoms with Crippen LogP contribution in [0, 0.1) is 0 Å². The number of amides is 1. The maximum Gasteiger partial charge on any atom is 0.240 e. The number of benzene rings is 2. The van der Waals surface area contributed by atoms with Crippen LogP contribution in [0.3, 0.4) is 0 Å². The normalized spacial score (nSPS) is 11.0. The van der Waals surface area contributed by atoms with Crippen LogP contribution in [0.5, 0.6) is 17.2 Å². The monoisotopic (exact) mass is 464 g/mol. The number of methoxy groups -OCH3 is 2. The first kappa shape index (κ1) is 25.3. The molecule has 0 heterocycles. The van der Waals surface area contributed by atoms with Crippen molar-refractivity contribution in [2.75, 3.05) is 44.5 Å². The molecule has 0 fully saturated rings. The molecule has 0 atom stereocenters. The molecule has 0 aromatic heterocycles. The van der Waals surface area contributed by atoms with Gasteiger partial charge >= 0.3 is 0 Å². The van der Waals surface area contributed by atoms with Crippen LogP contribution >= 0.6 is 0 Å². The predicted octanol–water partition coefficient (Wildman–Crippen LogP) is 3.01. The molecule has 2 aromatic rings. The topological polar surface area (TPSA) is 94.2 Å². The molecule has 176 valence electrons. The van der Waals surface area contributed by atoms with E-state index in [0.29, 0.717) is 31.1 Å². The number of anilines is 1. The average Bonchev–Trinajstić information content (AvgIpc) is 2.78. The summed E-state index contributed by atoms with van der Waals surface area (Å²) < 4.78 is 42.0. The van der Waals surface area contributed by atoms with Crippen molar-refractivity contribution in [3.63, 3.8) is 0 Å². The molecule has 0 aliphatic carbocycles. The van der Waals surface area contributed by atoms with Gasteiger partial charge in [0.2, 0.25) is 15.9 Å². The van der Waals surface area contributed by atoms with Crippen LogP contribution in [0.15, 0.2) is 42.5 Å². The second-order valence-corrected chi connectivity index (χ2v) is 9.12. The summed E-state index contributed by atoms with van der Waals surface area (Å²) in [4.78, 5) is 12.5. The minimum Gasteiger partial charge on any atom is -0.497 e. The van der Waals surface area contributed by atoms with E-state index < -0.39 is 15.9 Å². The number of ether oxygens (including phenoxy) is 3. The molecule has 1 amide bonds. The lowest BCUT2D eigenvalue weighted by molar-refractivity contribution is -0.119. The molecule has 0 unspecified atom stereocenters. The Morgan fingerprint density at radius 2 is 1.81 bits per heavy atom. The molecule has 0 saturated heterocycles. The van der Waals surface area contributed by atoms with Crippen LogP contribution in [0.4, 0.5) is 5.69 Å². The van der Waals surface area contributed by atoms with Crippen LogP contribution in [0.25, 0.3) is 0 Å². The highest BCUT2D eigenvalue weighted by Gasteiger charge is 2.24. The third-order valence-electron chi connectivity index (χ3n) is 4.72. The van der Waals surface area contributed by atoms with Crippen molar-refractivity contribution in [1.29, 1.82) is 0 Å². The summed E-state index contributed by atoms with van der Waals surface area (Å²) in [5.41, 5.74) is 1.35. The fourth-order valence-electron chi connectivity index (χ4n) is 3.13. The van der Waals surface area contributed by atoms with Crippen molar-refractivity contribution in [1.82, 2.24) is 5.32 Å². The number of hydrogen-bond donors (Lipinski definition) is 1. The predicted molar refractivity (Wildman–Crippen MR) is 125 cm³/mol. The Morgan fingerprint density at radius 1 is 1.06 bits per heavy atom. The molecule has 0 aliphatic heterocycles. The van der Waals surface area contributed by atoms with Gasteiger partial charge in [-0.05, 0) is 43.0 Å². The van der Waals surface area contributed by atoms with Crippen molar-refractivity contribution in [3.05, 3.63) is 48.0 Å². The van der Waals surface area contributed by atoms with E-state index in [0.717, 1.165) is 34.7 Å². The van der Waals surface area contributed by atoms with Gasteiger partial charge in [-0.15, -0.1) is 0 Å². The fraction of sp³-hybridized carbons (Fsp3) is 0.435. The maximum atomic E-state index is 12.5. The number of nitrogens with zero attached hydrogens (tertiary/aromatic N) is 1. The second-order valence-electron chi connectivity index (χ2n) is 7.22. The van der Waals surface area contributed by atoms with Crippen LogP contribution in [-0.2, 0) is 21.2 Å². The molecule has 1 N–H and O–H groups in total. The van der Waals surface area contributed by atoms with Crippen molar-refractivity contribution in [2.24, 2.45) is 0 Å². The number of rotatable bonds is 13. The van der Waals surface area contributed by atoms with Crippen molar-refractivity contribution in [2.45, 2.75) is 26.2 Å². The molecule has 0 saturated carbocycles. The number of nitrogens with one attached hydrogen (secondary N) is 1. The van der Waals surface area contributed by atoms with Gasteiger partial charge < -0.3 is 19.5 Å². The third kappa shape index (κ3) is 7.33. The number of sulfonamides is 1. The highest BCUT2D eigenvalue weighted by molar-refractivity contribution is 7.92. The Bertz CT molecular complexity index is 994. The Kier molecular flexibility index (Phi) is 9.64. The van der Waals surface area contributed by atoms with Gasteiger partial charge in [-0.25, -0.2) is 8.42 Å². The molecule has 9 heteroatoms. The molecule has 0 aliphatic rings. The van der Waals surface area contributed by atoms with Crippen molar-refractivity contribution < 1.29 is 27.4 Å². The SMILES string of the molecule is CCCOc1ccccc1CCCNC(=O)CN(c1ccc(OC)cc1OC)S(C)(=O)=O. The van der Waals surface area contributed by atoms with Crippen LogP contribution in [0.1, 0.15) is 25.3 Å². The van der Waals surface area contributed by atoms with E-state index in [-0.39, 0.29) is 12.2 Å². The van der Waals surface area contributed by atoms with Gasteiger partial charge in [0.15, 0.2) is 0 Å². The first-order chi connectivity index (χ1) is 15.3. The average molecular weight is 465 g/mol. The van der Waals surface area contributed by atoms with E-state index in [1.807, 2.05) is 24.3 Å². The summed E-state index contributed by atoms with van der Waals surface area (Å²) in [6.07, 6.45) is 3.42. The minimum absolute atomic E-state index is 0.271. The first-order valence-electron chi connectivity index (χ1n) is 10.5. The lowest BCUT2D eigenvalue weighted by Crippen LogP contribution is -2.40. The van der Waals surface area contributed by atoms with Crippen LogP contribution < -0.4 is 23.8 Å². The molecule has 0 bridgehead atoms. The van der Waals surface area contributed by atoms with Gasteiger partial charge in [0.1, 0.15) is 23.8 Å². The standard InChI is InChI=1S/C23H32N2O6S/c1-5-15-31-21-11-7-6-9-18(21)10-8-14-24-23(26)17-25(32(4,27)28)20-13-12-19(29-2)16-22(20)30-3/h6-7,9,11-13,16H,5,8,10,14-15,17H2,1-4H3,(H,24,26). The minimum atomic E-state index is -3.72. The summed E-state index contributed by atoms with van der Waals surface area (Å²) in [7, 11) is -0.782. The zero-order chi connectivity index (χ0) is 23.6. The zero-order valence-electron chi connectivity index (χ0n) is 19.1. The van der Waals surface area contributed by atoms with Gasteiger partial charge in [-0.2, -0.15) is 0 Å². The van der Waals surface area contributed by atoms with Crippen molar-refractivity contribution >= 4 is 21.6 Å². The number of para-hydroxylation sites is 1. The summed E-state index contributed by atoms with van der Waals surface area (Å²) in [5.74, 6) is 1.28. The number of carbonyl (C=O) groups excluding carboxylic acids is 1. The lowest BCUT2D eigenvalue weighted by atomic mass is 10.1. The smallest absolute Gasteiger partial charge is 0.240 e. The largest absolute Gasteiger partial charge is 0.497 e. The van der Waals surface area contributed by atoms with Gasteiger partial charge in [0.25, 0.3) is 0 Å². The maximum absolute atomic E-state index is 12.5. The Morgan fingerprint density at radius 3 is 2.47 bits per heavy atom. The van der Waals surface area contributed by atoms with E-state index in [4.69, 9.17) is 14.2 Å². The molecular weight excluding hydrogens is 432 g/mol. The van der Waals surface area contributed by atoms with E-state index in [1.165, 1.54) is 14.2 Å². The van der Waals surface area contributed by atoms with Crippen LogP contribution in [-0.4, -0.2) is 54.5 Å². The Balaban J connectivity index is 1.98. The third-order valence-corrected chi connectivity index (χ3v) is 5.85.